The van der Waals surface area contributed by atoms with Crippen LogP contribution in [0, 0.1) is 0 Å². The minimum Gasteiger partial charge on any atom is -0.491 e. The van der Waals surface area contributed by atoms with Crippen LogP contribution in [0.1, 0.15) is 83.3 Å². The molecule has 0 radical (unpaired) electrons. The molecule has 2 nitrogen and oxygen atoms in total. The van der Waals surface area contributed by atoms with E-state index in [9.17, 15) is 0 Å². The summed E-state index contributed by atoms with van der Waals surface area (Å²) in [6.07, 6.45) is 5.26. The minimum absolute atomic E-state index is 0.144. The van der Waals surface area contributed by atoms with Crippen LogP contribution in [0.3, 0.4) is 0 Å². The fraction of sp³-hybridized carbons (Fsp3) is 0.520. The first-order chi connectivity index (χ1) is 12.8. The molecule has 0 amide bonds. The van der Waals surface area contributed by atoms with Gasteiger partial charge in [0.15, 0.2) is 0 Å². The minimum atomic E-state index is -0.144. The highest BCUT2D eigenvalue weighted by Crippen LogP contribution is 2.41. The van der Waals surface area contributed by atoms with Crippen LogP contribution in [0.15, 0.2) is 48.5 Å². The summed E-state index contributed by atoms with van der Waals surface area (Å²) >= 11 is 0. The van der Waals surface area contributed by atoms with E-state index in [1.54, 1.807) is 0 Å². The van der Waals surface area contributed by atoms with Gasteiger partial charge in [0, 0.05) is 0 Å². The molecule has 0 heterocycles. The first kappa shape index (κ1) is 19.8. The first-order valence-electron chi connectivity index (χ1n) is 10.4. The van der Waals surface area contributed by atoms with Crippen molar-refractivity contribution < 1.29 is 9.47 Å². The van der Waals surface area contributed by atoms with Gasteiger partial charge in [-0.25, -0.2) is 0 Å². The third-order valence-electron chi connectivity index (χ3n) is 5.23. The summed E-state index contributed by atoms with van der Waals surface area (Å²) in [6.45, 7) is 10.4. The van der Waals surface area contributed by atoms with Crippen molar-refractivity contribution in [3.8, 4) is 11.5 Å². The Morgan fingerprint density at radius 2 is 1.11 bits per heavy atom. The average Bonchev–Trinajstić information content (AvgIpc) is 2.61. The lowest BCUT2D eigenvalue weighted by Gasteiger charge is -2.29. The van der Waals surface area contributed by atoms with E-state index in [2.05, 4.69) is 83.1 Å². The number of benzene rings is 2. The Labute approximate surface area is 164 Å². The van der Waals surface area contributed by atoms with Crippen molar-refractivity contribution in [1.29, 1.82) is 0 Å². The summed E-state index contributed by atoms with van der Waals surface area (Å²) in [6, 6.07) is 17.5. The average molecular weight is 367 g/mol. The molecule has 0 aliphatic heterocycles. The van der Waals surface area contributed by atoms with Gasteiger partial charge in [-0.3, -0.25) is 0 Å². The standard InChI is InChI=1S/C25H34O2/c1-18(2)26-23-14-10-21(11-15-23)19-6-8-20(9-7-19)22-12-16-24(17-13-22)27-25(3,4)5/h10-20H,6-9H2,1-5H3. The van der Waals surface area contributed by atoms with Crippen LogP contribution in [0.4, 0.5) is 0 Å². The van der Waals surface area contributed by atoms with Crippen molar-refractivity contribution in [2.24, 2.45) is 0 Å². The molecule has 0 unspecified atom stereocenters. The normalized spacial score (nSPS) is 20.5. The molecule has 0 saturated heterocycles. The van der Waals surface area contributed by atoms with Gasteiger partial charge in [-0.15, -0.1) is 0 Å². The lowest BCUT2D eigenvalue weighted by molar-refractivity contribution is 0.131. The topological polar surface area (TPSA) is 18.5 Å². The van der Waals surface area contributed by atoms with Gasteiger partial charge in [0.1, 0.15) is 17.1 Å². The summed E-state index contributed by atoms with van der Waals surface area (Å²) in [5.41, 5.74) is 2.77. The fourth-order valence-corrected chi connectivity index (χ4v) is 4.01. The van der Waals surface area contributed by atoms with Gasteiger partial charge in [0.25, 0.3) is 0 Å². The van der Waals surface area contributed by atoms with E-state index in [1.165, 1.54) is 36.8 Å². The molecule has 0 bridgehead atoms. The number of hydrogen-bond acceptors (Lipinski definition) is 2. The third-order valence-corrected chi connectivity index (χ3v) is 5.23. The predicted octanol–water partition coefficient (Wildman–Crippen LogP) is 7.09. The van der Waals surface area contributed by atoms with Crippen LogP contribution in [0.25, 0.3) is 0 Å². The van der Waals surface area contributed by atoms with Crippen LogP contribution in [-0.2, 0) is 0 Å². The van der Waals surface area contributed by atoms with E-state index in [-0.39, 0.29) is 11.7 Å². The van der Waals surface area contributed by atoms with Crippen LogP contribution in [0.2, 0.25) is 0 Å². The highest BCUT2D eigenvalue weighted by molar-refractivity contribution is 5.32. The Bertz CT molecular complexity index is 699. The molecular weight excluding hydrogens is 332 g/mol. The summed E-state index contributed by atoms with van der Waals surface area (Å²) < 4.78 is 11.7. The van der Waals surface area contributed by atoms with Gasteiger partial charge >= 0.3 is 0 Å². The third kappa shape index (κ3) is 5.76. The molecular formula is C25H34O2. The molecule has 27 heavy (non-hydrogen) atoms. The van der Waals surface area contributed by atoms with Crippen molar-refractivity contribution in [3.63, 3.8) is 0 Å². The molecule has 2 heteroatoms. The zero-order chi connectivity index (χ0) is 19.4. The van der Waals surface area contributed by atoms with Gasteiger partial charge in [-0.05, 0) is 108 Å². The Kier molecular flexibility index (Phi) is 6.14. The second kappa shape index (κ2) is 8.37. The van der Waals surface area contributed by atoms with E-state index < -0.39 is 0 Å². The highest BCUT2D eigenvalue weighted by atomic mass is 16.5. The molecule has 2 aromatic rings. The Balaban J connectivity index is 1.55. The zero-order valence-corrected chi connectivity index (χ0v) is 17.5. The van der Waals surface area contributed by atoms with Crippen LogP contribution < -0.4 is 9.47 Å². The summed E-state index contributed by atoms with van der Waals surface area (Å²) in [4.78, 5) is 0. The fourth-order valence-electron chi connectivity index (χ4n) is 4.01. The maximum absolute atomic E-state index is 5.94. The SMILES string of the molecule is CC(C)Oc1ccc(C2CCC(c3ccc(OC(C)(C)C)cc3)CC2)cc1. The molecule has 1 fully saturated rings. The highest BCUT2D eigenvalue weighted by Gasteiger charge is 2.23. The molecule has 0 N–H and O–H groups in total. The summed E-state index contributed by atoms with van der Waals surface area (Å²) in [5.74, 6) is 3.29. The monoisotopic (exact) mass is 366 g/mol. The van der Waals surface area contributed by atoms with Gasteiger partial charge in [-0.1, -0.05) is 24.3 Å². The number of hydrogen-bond donors (Lipinski definition) is 0. The molecule has 146 valence electrons. The van der Waals surface area contributed by atoms with Gasteiger partial charge < -0.3 is 9.47 Å². The molecule has 3 rings (SSSR count). The van der Waals surface area contributed by atoms with Crippen molar-refractivity contribution in [2.45, 2.75) is 83.8 Å². The quantitative estimate of drug-likeness (QED) is 0.562. The summed E-state index contributed by atoms with van der Waals surface area (Å²) in [7, 11) is 0. The van der Waals surface area contributed by atoms with E-state index in [0.29, 0.717) is 11.8 Å². The van der Waals surface area contributed by atoms with Crippen LogP contribution in [0.5, 0.6) is 11.5 Å². The maximum Gasteiger partial charge on any atom is 0.120 e. The molecule has 0 spiro atoms. The number of ether oxygens (including phenoxy) is 2. The smallest absolute Gasteiger partial charge is 0.120 e. The van der Waals surface area contributed by atoms with Gasteiger partial charge in [0.2, 0.25) is 0 Å². The molecule has 1 aliphatic carbocycles. The first-order valence-corrected chi connectivity index (χ1v) is 10.4. The predicted molar refractivity (Wildman–Crippen MR) is 113 cm³/mol. The van der Waals surface area contributed by atoms with Crippen molar-refractivity contribution >= 4 is 0 Å². The van der Waals surface area contributed by atoms with Crippen LogP contribution in [-0.4, -0.2) is 11.7 Å². The molecule has 1 aliphatic rings. The van der Waals surface area contributed by atoms with Crippen LogP contribution >= 0.6 is 0 Å². The summed E-state index contributed by atoms with van der Waals surface area (Å²) in [5, 5.41) is 0. The second-order valence-electron chi connectivity index (χ2n) is 9.07. The van der Waals surface area contributed by atoms with Gasteiger partial charge in [0.05, 0.1) is 6.10 Å². The Hall–Kier alpha value is -1.96. The lowest BCUT2D eigenvalue weighted by atomic mass is 9.76. The zero-order valence-electron chi connectivity index (χ0n) is 17.5. The van der Waals surface area contributed by atoms with E-state index in [0.717, 1.165) is 11.5 Å². The van der Waals surface area contributed by atoms with Crippen molar-refractivity contribution in [3.05, 3.63) is 59.7 Å². The second-order valence-corrected chi connectivity index (χ2v) is 9.07. The molecule has 2 aromatic carbocycles. The van der Waals surface area contributed by atoms with E-state index in [1.807, 2.05) is 0 Å². The molecule has 1 saturated carbocycles. The Morgan fingerprint density at radius 3 is 1.48 bits per heavy atom. The van der Waals surface area contributed by atoms with E-state index >= 15 is 0 Å². The molecule has 0 atom stereocenters. The van der Waals surface area contributed by atoms with Crippen molar-refractivity contribution in [1.82, 2.24) is 0 Å². The largest absolute Gasteiger partial charge is 0.491 e. The van der Waals surface area contributed by atoms with Gasteiger partial charge in [-0.2, -0.15) is 0 Å². The molecule has 0 aromatic heterocycles. The van der Waals surface area contributed by atoms with Crippen molar-refractivity contribution in [2.75, 3.05) is 0 Å². The van der Waals surface area contributed by atoms with E-state index in [4.69, 9.17) is 9.47 Å². The number of rotatable bonds is 5. The lowest BCUT2D eigenvalue weighted by Crippen LogP contribution is -2.22. The maximum atomic E-state index is 5.94. The Morgan fingerprint density at radius 1 is 0.704 bits per heavy atom.